The number of rotatable bonds is 8. The molecule has 0 aliphatic heterocycles. The summed E-state index contributed by atoms with van der Waals surface area (Å²) in [5.41, 5.74) is 1.09. The molecule has 0 saturated carbocycles. The zero-order chi connectivity index (χ0) is 20.0. The van der Waals surface area contributed by atoms with Crippen molar-refractivity contribution in [3.63, 3.8) is 0 Å². The molecule has 0 atom stereocenters. The molecule has 2 N–H and O–H groups in total. The van der Waals surface area contributed by atoms with Crippen LogP contribution in [0.15, 0.2) is 47.4 Å². The molecule has 0 fully saturated rings. The van der Waals surface area contributed by atoms with E-state index in [1.807, 2.05) is 19.9 Å². The van der Waals surface area contributed by atoms with Crippen molar-refractivity contribution < 1.29 is 22.7 Å². The number of amides is 1. The Labute approximate surface area is 159 Å². The first-order valence-corrected chi connectivity index (χ1v) is 9.90. The van der Waals surface area contributed by atoms with E-state index in [9.17, 15) is 13.2 Å². The zero-order valence-electron chi connectivity index (χ0n) is 15.8. The van der Waals surface area contributed by atoms with E-state index in [2.05, 4.69) is 10.0 Å². The number of hydrogen-bond acceptors (Lipinski definition) is 5. The summed E-state index contributed by atoms with van der Waals surface area (Å²) in [6.45, 7) is 4.12. The summed E-state index contributed by atoms with van der Waals surface area (Å²) in [6, 6.07) is 11.3. The largest absolute Gasteiger partial charge is 0.493 e. The van der Waals surface area contributed by atoms with E-state index < -0.39 is 10.0 Å². The Kier molecular flexibility index (Phi) is 6.81. The van der Waals surface area contributed by atoms with Gasteiger partial charge in [-0.1, -0.05) is 12.1 Å². The molecule has 0 aliphatic carbocycles. The normalized spacial score (nSPS) is 11.3. The molecule has 2 rings (SSSR count). The van der Waals surface area contributed by atoms with E-state index in [1.165, 1.54) is 25.2 Å². The summed E-state index contributed by atoms with van der Waals surface area (Å²) in [5.74, 6) is 0.842. The third-order valence-electron chi connectivity index (χ3n) is 3.72. The van der Waals surface area contributed by atoms with Crippen LogP contribution in [-0.2, 0) is 16.6 Å². The average Bonchev–Trinajstić information content (AvgIpc) is 2.66. The Balaban J connectivity index is 2.11. The van der Waals surface area contributed by atoms with Crippen LogP contribution in [0, 0.1) is 0 Å². The minimum Gasteiger partial charge on any atom is -0.493 e. The highest BCUT2D eigenvalue weighted by atomic mass is 32.2. The van der Waals surface area contributed by atoms with E-state index in [-0.39, 0.29) is 29.0 Å². The number of benzene rings is 2. The van der Waals surface area contributed by atoms with Gasteiger partial charge in [0.2, 0.25) is 10.0 Å². The molecule has 2 aromatic carbocycles. The van der Waals surface area contributed by atoms with Gasteiger partial charge in [-0.2, -0.15) is 0 Å². The topological polar surface area (TPSA) is 93.7 Å². The van der Waals surface area contributed by atoms with Gasteiger partial charge in [-0.05, 0) is 56.8 Å². The Hall–Kier alpha value is -2.58. The number of nitrogens with one attached hydrogen (secondary N) is 2. The second-order valence-electron chi connectivity index (χ2n) is 6.07. The van der Waals surface area contributed by atoms with Crippen LogP contribution in [-0.4, -0.2) is 34.6 Å². The highest BCUT2D eigenvalue weighted by Gasteiger charge is 2.14. The van der Waals surface area contributed by atoms with Crippen molar-refractivity contribution in [3.05, 3.63) is 53.6 Å². The fourth-order valence-corrected chi connectivity index (χ4v) is 3.16. The van der Waals surface area contributed by atoms with E-state index in [0.717, 1.165) is 5.56 Å². The van der Waals surface area contributed by atoms with Gasteiger partial charge in [-0.3, -0.25) is 4.79 Å². The van der Waals surface area contributed by atoms with Gasteiger partial charge >= 0.3 is 0 Å². The van der Waals surface area contributed by atoms with Gasteiger partial charge in [0, 0.05) is 12.1 Å². The smallest absolute Gasteiger partial charge is 0.251 e. The maximum Gasteiger partial charge on any atom is 0.251 e. The fourth-order valence-electron chi connectivity index (χ4n) is 2.38. The first-order valence-electron chi connectivity index (χ1n) is 8.42. The first kappa shape index (κ1) is 20.7. The Morgan fingerprint density at radius 3 is 2.48 bits per heavy atom. The van der Waals surface area contributed by atoms with Crippen LogP contribution in [0.1, 0.15) is 29.8 Å². The molecule has 2 aromatic rings. The molecule has 0 spiro atoms. The van der Waals surface area contributed by atoms with E-state index >= 15 is 0 Å². The lowest BCUT2D eigenvalue weighted by Crippen LogP contribution is -2.24. The maximum atomic E-state index is 12.4. The quantitative estimate of drug-likeness (QED) is 0.719. The standard InChI is InChI=1S/C19H24N2O5S/c1-13(2)26-17-9-8-14(10-18(17)25-4)12-21-19(22)15-6-5-7-16(11-15)27(23,24)20-3/h5-11,13,20H,12H2,1-4H3,(H,21,22). The van der Waals surface area contributed by atoms with Gasteiger partial charge in [0.25, 0.3) is 5.91 Å². The molecular weight excluding hydrogens is 368 g/mol. The number of carbonyl (C=O) groups is 1. The highest BCUT2D eigenvalue weighted by molar-refractivity contribution is 7.89. The molecular formula is C19H24N2O5S. The summed E-state index contributed by atoms with van der Waals surface area (Å²) in [6.07, 6.45) is 0.0191. The predicted octanol–water partition coefficient (Wildman–Crippen LogP) is 2.32. The van der Waals surface area contributed by atoms with E-state index in [0.29, 0.717) is 11.5 Å². The summed E-state index contributed by atoms with van der Waals surface area (Å²) in [4.78, 5) is 12.4. The molecule has 1 amide bonds. The van der Waals surface area contributed by atoms with Gasteiger partial charge < -0.3 is 14.8 Å². The number of methoxy groups -OCH3 is 1. The molecule has 0 aliphatic rings. The second-order valence-corrected chi connectivity index (χ2v) is 7.96. The van der Waals surface area contributed by atoms with Crippen molar-refractivity contribution in [1.82, 2.24) is 10.0 Å². The molecule has 146 valence electrons. The molecule has 0 unspecified atom stereocenters. The lowest BCUT2D eigenvalue weighted by molar-refractivity contribution is 0.0950. The van der Waals surface area contributed by atoms with Gasteiger partial charge in [-0.15, -0.1) is 0 Å². The molecule has 0 bridgehead atoms. The molecule has 7 nitrogen and oxygen atoms in total. The lowest BCUT2D eigenvalue weighted by atomic mass is 10.1. The molecule has 27 heavy (non-hydrogen) atoms. The third kappa shape index (κ3) is 5.45. The third-order valence-corrected chi connectivity index (χ3v) is 5.13. The van der Waals surface area contributed by atoms with Gasteiger partial charge in [0.05, 0.1) is 18.1 Å². The average molecular weight is 392 g/mol. The predicted molar refractivity (Wildman–Crippen MR) is 103 cm³/mol. The van der Waals surface area contributed by atoms with Crippen LogP contribution < -0.4 is 19.5 Å². The number of sulfonamides is 1. The van der Waals surface area contributed by atoms with Gasteiger partial charge in [-0.25, -0.2) is 13.1 Å². The lowest BCUT2D eigenvalue weighted by Gasteiger charge is -2.15. The minimum atomic E-state index is -3.61. The SMILES string of the molecule is CNS(=O)(=O)c1cccc(C(=O)NCc2ccc(OC(C)C)c(OC)c2)c1. The monoisotopic (exact) mass is 392 g/mol. The summed E-state index contributed by atoms with van der Waals surface area (Å²) in [7, 11) is -0.730. The van der Waals surface area contributed by atoms with Crippen LogP contribution in [0.2, 0.25) is 0 Å². The highest BCUT2D eigenvalue weighted by Crippen LogP contribution is 2.29. The van der Waals surface area contributed by atoms with Gasteiger partial charge in [0.15, 0.2) is 11.5 Å². The summed E-state index contributed by atoms with van der Waals surface area (Å²) >= 11 is 0. The van der Waals surface area contributed by atoms with E-state index in [4.69, 9.17) is 9.47 Å². The Morgan fingerprint density at radius 2 is 1.85 bits per heavy atom. The molecule has 0 aromatic heterocycles. The van der Waals surface area contributed by atoms with Crippen LogP contribution >= 0.6 is 0 Å². The number of ether oxygens (including phenoxy) is 2. The van der Waals surface area contributed by atoms with Gasteiger partial charge in [0.1, 0.15) is 0 Å². The van der Waals surface area contributed by atoms with Crippen molar-refractivity contribution in [2.45, 2.75) is 31.4 Å². The molecule has 0 saturated heterocycles. The second kappa shape index (κ2) is 8.88. The van der Waals surface area contributed by atoms with Crippen LogP contribution in [0.25, 0.3) is 0 Å². The summed E-state index contributed by atoms with van der Waals surface area (Å²) in [5, 5.41) is 2.77. The zero-order valence-corrected chi connectivity index (χ0v) is 16.6. The Bertz CT molecular complexity index is 910. The van der Waals surface area contributed by atoms with Crippen molar-refractivity contribution in [2.24, 2.45) is 0 Å². The number of hydrogen-bond donors (Lipinski definition) is 2. The molecule has 0 heterocycles. The number of carbonyl (C=O) groups excluding carboxylic acids is 1. The summed E-state index contributed by atoms with van der Waals surface area (Å²) < 4.78 is 37.0. The van der Waals surface area contributed by atoms with Crippen molar-refractivity contribution in [3.8, 4) is 11.5 Å². The molecule has 8 heteroatoms. The van der Waals surface area contributed by atoms with E-state index in [1.54, 1.807) is 25.3 Å². The van der Waals surface area contributed by atoms with Crippen LogP contribution in [0.4, 0.5) is 0 Å². The molecule has 0 radical (unpaired) electrons. The maximum absolute atomic E-state index is 12.4. The fraction of sp³-hybridized carbons (Fsp3) is 0.316. The van der Waals surface area contributed by atoms with Crippen molar-refractivity contribution in [2.75, 3.05) is 14.2 Å². The van der Waals surface area contributed by atoms with Crippen LogP contribution in [0.5, 0.6) is 11.5 Å². The van der Waals surface area contributed by atoms with Crippen LogP contribution in [0.3, 0.4) is 0 Å². The minimum absolute atomic E-state index is 0.0191. The van der Waals surface area contributed by atoms with Crippen molar-refractivity contribution in [1.29, 1.82) is 0 Å². The Morgan fingerprint density at radius 1 is 1.11 bits per heavy atom. The first-order chi connectivity index (χ1) is 12.8. The van der Waals surface area contributed by atoms with Crippen molar-refractivity contribution >= 4 is 15.9 Å².